The third kappa shape index (κ3) is 4.50. The van der Waals surface area contributed by atoms with Crippen LogP contribution in [0.5, 0.6) is 0 Å². The van der Waals surface area contributed by atoms with Gasteiger partial charge in [0, 0.05) is 39.2 Å². The van der Waals surface area contributed by atoms with Crippen molar-refractivity contribution in [3.8, 4) is 45.5 Å². The molecule has 4 aromatic heterocycles. The van der Waals surface area contributed by atoms with Gasteiger partial charge in [-0.25, -0.2) is 4.98 Å². The monoisotopic (exact) mass is 640 g/mol. The first-order valence-corrected chi connectivity index (χ1v) is 16.7. The zero-order chi connectivity index (χ0) is 33.0. The summed E-state index contributed by atoms with van der Waals surface area (Å²) in [4.78, 5) is 20.0. The number of pyridine rings is 1. The van der Waals surface area contributed by atoms with E-state index in [0.717, 1.165) is 71.7 Å². The SMILES string of the molecule is c1ccc(-c2nc(-c3ccccc3)nc(-n3c4ccccc4c4ccc(-c5ccc6c(c5)c5ncccc5n6-c5ccccc5)cc43)n2)cc1. The largest absolute Gasteiger partial charge is 0.308 e. The van der Waals surface area contributed by atoms with Gasteiger partial charge < -0.3 is 4.57 Å². The summed E-state index contributed by atoms with van der Waals surface area (Å²) in [6.45, 7) is 0. The smallest absolute Gasteiger partial charge is 0.238 e. The molecule has 0 amide bonds. The molecule has 4 heterocycles. The molecule has 0 bridgehead atoms. The molecule has 0 atom stereocenters. The van der Waals surface area contributed by atoms with Crippen LogP contribution in [0.1, 0.15) is 0 Å². The van der Waals surface area contributed by atoms with Gasteiger partial charge in [-0.15, -0.1) is 0 Å². The predicted octanol–water partition coefficient (Wildman–Crippen LogP) is 10.5. The maximum absolute atomic E-state index is 5.11. The average molecular weight is 641 g/mol. The van der Waals surface area contributed by atoms with Crippen molar-refractivity contribution >= 4 is 43.7 Å². The molecule has 0 saturated heterocycles. The van der Waals surface area contributed by atoms with E-state index in [9.17, 15) is 0 Å². The second kappa shape index (κ2) is 11.4. The third-order valence-electron chi connectivity index (χ3n) is 9.43. The Morgan fingerprint density at radius 2 is 0.940 bits per heavy atom. The summed E-state index contributed by atoms with van der Waals surface area (Å²) in [5.74, 6) is 1.83. The van der Waals surface area contributed by atoms with Crippen molar-refractivity contribution in [2.75, 3.05) is 0 Å². The van der Waals surface area contributed by atoms with E-state index in [4.69, 9.17) is 19.9 Å². The fraction of sp³-hybridized carbons (Fsp3) is 0. The lowest BCUT2D eigenvalue weighted by atomic mass is 10.0. The Morgan fingerprint density at radius 1 is 0.360 bits per heavy atom. The highest BCUT2D eigenvalue weighted by atomic mass is 15.2. The minimum atomic E-state index is 0.576. The van der Waals surface area contributed by atoms with Crippen LogP contribution in [0.25, 0.3) is 89.3 Å². The maximum Gasteiger partial charge on any atom is 0.238 e. The molecule has 0 saturated carbocycles. The van der Waals surface area contributed by atoms with Crippen molar-refractivity contribution in [3.63, 3.8) is 0 Å². The van der Waals surface area contributed by atoms with Crippen LogP contribution in [-0.2, 0) is 0 Å². The number of hydrogen-bond donors (Lipinski definition) is 0. The lowest BCUT2D eigenvalue weighted by Crippen LogP contribution is -2.06. The molecule has 50 heavy (non-hydrogen) atoms. The van der Waals surface area contributed by atoms with Crippen molar-refractivity contribution in [2.24, 2.45) is 0 Å². The van der Waals surface area contributed by atoms with Crippen molar-refractivity contribution in [1.29, 1.82) is 0 Å². The molecule has 0 aliphatic carbocycles. The van der Waals surface area contributed by atoms with E-state index in [1.165, 1.54) is 0 Å². The molecule has 10 aromatic rings. The molecule has 6 aromatic carbocycles. The van der Waals surface area contributed by atoms with Gasteiger partial charge in [-0.05, 0) is 59.7 Å². The first-order valence-electron chi connectivity index (χ1n) is 16.7. The summed E-state index contributed by atoms with van der Waals surface area (Å²) in [5, 5.41) is 3.39. The van der Waals surface area contributed by atoms with Crippen LogP contribution in [0.3, 0.4) is 0 Å². The number of rotatable bonds is 5. The second-order valence-corrected chi connectivity index (χ2v) is 12.4. The summed E-state index contributed by atoms with van der Waals surface area (Å²) in [7, 11) is 0. The lowest BCUT2D eigenvalue weighted by Gasteiger charge is -2.11. The standard InChI is InChI=1S/C44H28N6/c1-4-13-29(14-5-1)42-46-43(30-15-6-2-7-16-30)48-44(47-42)50-37-20-11-10-19-34(37)35-24-22-32(28-40(35)50)31-23-25-38-36(27-31)41-39(21-12-26-45-41)49(38)33-17-8-3-9-18-33/h1-28H. The summed E-state index contributed by atoms with van der Waals surface area (Å²) < 4.78 is 4.47. The molecule has 0 aliphatic rings. The first-order chi connectivity index (χ1) is 24.8. The molecule has 0 spiro atoms. The fourth-order valence-corrected chi connectivity index (χ4v) is 7.13. The van der Waals surface area contributed by atoms with E-state index in [2.05, 4.69) is 100 Å². The molecule has 10 rings (SSSR count). The molecule has 0 unspecified atom stereocenters. The minimum absolute atomic E-state index is 0.576. The molecule has 0 radical (unpaired) electrons. The number of fused-ring (bicyclic) bond motifs is 6. The summed E-state index contributed by atoms with van der Waals surface area (Å²) in [5.41, 5.74) is 10.4. The second-order valence-electron chi connectivity index (χ2n) is 12.4. The van der Waals surface area contributed by atoms with Crippen LogP contribution in [0, 0.1) is 0 Å². The number of nitrogens with zero attached hydrogens (tertiary/aromatic N) is 6. The van der Waals surface area contributed by atoms with Crippen molar-refractivity contribution in [3.05, 3.63) is 170 Å². The number of benzene rings is 6. The highest BCUT2D eigenvalue weighted by molar-refractivity contribution is 6.11. The molecule has 234 valence electrons. The number of hydrogen-bond acceptors (Lipinski definition) is 4. The van der Waals surface area contributed by atoms with Gasteiger partial charge in [-0.2, -0.15) is 9.97 Å². The van der Waals surface area contributed by atoms with E-state index >= 15 is 0 Å². The Kier molecular flexibility index (Phi) is 6.39. The third-order valence-corrected chi connectivity index (χ3v) is 9.43. The molecule has 0 N–H and O–H groups in total. The summed E-state index contributed by atoms with van der Waals surface area (Å²) in [6, 6.07) is 56.7. The van der Waals surface area contributed by atoms with Crippen molar-refractivity contribution < 1.29 is 0 Å². The van der Waals surface area contributed by atoms with Crippen LogP contribution in [0.15, 0.2) is 170 Å². The molecule has 6 heteroatoms. The lowest BCUT2D eigenvalue weighted by molar-refractivity contribution is 0.953. The first kappa shape index (κ1) is 28.1. The predicted molar refractivity (Wildman–Crippen MR) is 203 cm³/mol. The Labute approximate surface area is 287 Å². The van der Waals surface area contributed by atoms with Crippen molar-refractivity contribution in [2.45, 2.75) is 0 Å². The van der Waals surface area contributed by atoms with Gasteiger partial charge in [0.25, 0.3) is 0 Å². The van der Waals surface area contributed by atoms with Crippen LogP contribution >= 0.6 is 0 Å². The van der Waals surface area contributed by atoms with E-state index < -0.39 is 0 Å². The van der Waals surface area contributed by atoms with Crippen LogP contribution in [0.4, 0.5) is 0 Å². The van der Waals surface area contributed by atoms with E-state index in [0.29, 0.717) is 17.6 Å². The van der Waals surface area contributed by atoms with E-state index in [1.807, 2.05) is 79.0 Å². The minimum Gasteiger partial charge on any atom is -0.308 e. The van der Waals surface area contributed by atoms with Crippen LogP contribution in [0.2, 0.25) is 0 Å². The number of para-hydroxylation sites is 2. The zero-order valence-corrected chi connectivity index (χ0v) is 26.8. The normalized spacial score (nSPS) is 11.6. The van der Waals surface area contributed by atoms with Crippen molar-refractivity contribution in [1.82, 2.24) is 29.1 Å². The Balaban J connectivity index is 1.20. The quantitative estimate of drug-likeness (QED) is 0.188. The highest BCUT2D eigenvalue weighted by Gasteiger charge is 2.19. The van der Waals surface area contributed by atoms with E-state index in [1.54, 1.807) is 0 Å². The Bertz CT molecular complexity index is 2800. The Morgan fingerprint density at radius 3 is 1.68 bits per heavy atom. The number of aromatic nitrogens is 6. The highest BCUT2D eigenvalue weighted by Crippen LogP contribution is 2.37. The summed E-state index contributed by atoms with van der Waals surface area (Å²) in [6.07, 6.45) is 1.87. The van der Waals surface area contributed by atoms with Gasteiger partial charge in [0.05, 0.1) is 27.6 Å². The van der Waals surface area contributed by atoms with Crippen LogP contribution in [-0.4, -0.2) is 29.1 Å². The summed E-state index contributed by atoms with van der Waals surface area (Å²) >= 11 is 0. The fourth-order valence-electron chi connectivity index (χ4n) is 7.13. The maximum atomic E-state index is 5.11. The molecule has 6 nitrogen and oxygen atoms in total. The van der Waals surface area contributed by atoms with Gasteiger partial charge in [-0.3, -0.25) is 9.55 Å². The van der Waals surface area contributed by atoms with Gasteiger partial charge in [-0.1, -0.05) is 115 Å². The molecule has 0 aliphatic heterocycles. The molecule has 0 fully saturated rings. The van der Waals surface area contributed by atoms with Crippen LogP contribution < -0.4 is 0 Å². The molecular formula is C44H28N6. The van der Waals surface area contributed by atoms with Gasteiger partial charge in [0.2, 0.25) is 5.95 Å². The van der Waals surface area contributed by atoms with E-state index in [-0.39, 0.29) is 0 Å². The Hall–Kier alpha value is -6.92. The zero-order valence-electron chi connectivity index (χ0n) is 26.8. The van der Waals surface area contributed by atoms with Gasteiger partial charge >= 0.3 is 0 Å². The topological polar surface area (TPSA) is 61.4 Å². The van der Waals surface area contributed by atoms with Gasteiger partial charge in [0.1, 0.15) is 0 Å². The molecular weight excluding hydrogens is 613 g/mol. The van der Waals surface area contributed by atoms with Gasteiger partial charge in [0.15, 0.2) is 11.6 Å². The average Bonchev–Trinajstić information content (AvgIpc) is 3.71.